The number of esters is 1. The quantitative estimate of drug-likeness (QED) is 0.607. The van der Waals surface area contributed by atoms with Gasteiger partial charge in [0.1, 0.15) is 5.82 Å². The highest BCUT2D eigenvalue weighted by Gasteiger charge is 2.29. The van der Waals surface area contributed by atoms with Crippen molar-refractivity contribution in [3.05, 3.63) is 70.3 Å². The Labute approximate surface area is 180 Å². The molecule has 3 aromatic rings. The standard InChI is InChI=1S/C24H25N3O4/c1-3-31-24(30)18-7-6-14-26(15-18)22(28)17-10-12-19(13-11-17)27-16(2)25-21-9-5-4-8-20(21)23(27)29/h4-5,8-13,18H,3,6-7,14-15H2,1-2H3. The van der Waals surface area contributed by atoms with Crippen molar-refractivity contribution < 1.29 is 14.3 Å². The second-order valence-corrected chi connectivity index (χ2v) is 7.71. The van der Waals surface area contributed by atoms with Crippen LogP contribution in [-0.2, 0) is 9.53 Å². The molecule has 7 nitrogen and oxygen atoms in total. The molecule has 1 unspecified atom stereocenters. The van der Waals surface area contributed by atoms with Crippen LogP contribution in [0.2, 0.25) is 0 Å². The number of rotatable bonds is 4. The van der Waals surface area contributed by atoms with E-state index in [-0.39, 0.29) is 23.4 Å². The van der Waals surface area contributed by atoms with E-state index >= 15 is 0 Å². The van der Waals surface area contributed by atoms with Gasteiger partial charge in [-0.05, 0) is 63.1 Å². The molecule has 0 saturated carbocycles. The Kier molecular flexibility index (Phi) is 5.84. The van der Waals surface area contributed by atoms with Crippen molar-refractivity contribution in [3.8, 4) is 5.69 Å². The average Bonchev–Trinajstić information content (AvgIpc) is 2.79. The minimum absolute atomic E-state index is 0.124. The van der Waals surface area contributed by atoms with Crippen molar-refractivity contribution in [3.63, 3.8) is 0 Å². The van der Waals surface area contributed by atoms with Crippen LogP contribution in [-0.4, -0.2) is 46.0 Å². The second kappa shape index (κ2) is 8.71. The van der Waals surface area contributed by atoms with E-state index in [1.165, 1.54) is 0 Å². The Morgan fingerprint density at radius 3 is 2.61 bits per heavy atom. The van der Waals surface area contributed by atoms with Gasteiger partial charge in [-0.1, -0.05) is 12.1 Å². The molecular formula is C24H25N3O4. The fourth-order valence-electron chi connectivity index (χ4n) is 4.10. The Balaban J connectivity index is 1.58. The summed E-state index contributed by atoms with van der Waals surface area (Å²) in [6.07, 6.45) is 1.50. The number of piperidine rings is 1. The topological polar surface area (TPSA) is 81.5 Å². The summed E-state index contributed by atoms with van der Waals surface area (Å²) < 4.78 is 6.67. The third-order valence-electron chi connectivity index (χ3n) is 5.64. The number of likely N-dealkylation sites (tertiary alicyclic amines) is 1. The van der Waals surface area contributed by atoms with E-state index in [9.17, 15) is 14.4 Å². The van der Waals surface area contributed by atoms with Crippen LogP contribution in [0, 0.1) is 12.8 Å². The van der Waals surface area contributed by atoms with Gasteiger partial charge in [-0.15, -0.1) is 0 Å². The molecule has 1 aromatic heterocycles. The molecule has 160 valence electrons. The van der Waals surface area contributed by atoms with Gasteiger partial charge in [0, 0.05) is 18.7 Å². The minimum atomic E-state index is -0.276. The van der Waals surface area contributed by atoms with Crippen LogP contribution in [0.1, 0.15) is 35.9 Å². The molecule has 0 radical (unpaired) electrons. The minimum Gasteiger partial charge on any atom is -0.466 e. The first-order valence-electron chi connectivity index (χ1n) is 10.5. The van der Waals surface area contributed by atoms with E-state index in [0.29, 0.717) is 47.7 Å². The predicted molar refractivity (Wildman–Crippen MR) is 117 cm³/mol. The molecule has 7 heteroatoms. The van der Waals surface area contributed by atoms with Gasteiger partial charge in [0.15, 0.2) is 0 Å². The molecule has 0 N–H and O–H groups in total. The number of carbonyl (C=O) groups excluding carboxylic acids is 2. The van der Waals surface area contributed by atoms with Crippen LogP contribution in [0.3, 0.4) is 0 Å². The van der Waals surface area contributed by atoms with Gasteiger partial charge in [0.05, 0.1) is 29.1 Å². The number of amides is 1. The normalized spacial score (nSPS) is 16.3. The summed E-state index contributed by atoms with van der Waals surface area (Å²) in [5.41, 5.74) is 1.69. The molecule has 0 spiro atoms. The SMILES string of the molecule is CCOC(=O)C1CCCN(C(=O)c2ccc(-n3c(C)nc4ccccc4c3=O)cc2)C1. The summed E-state index contributed by atoms with van der Waals surface area (Å²) in [7, 11) is 0. The van der Waals surface area contributed by atoms with Crippen molar-refractivity contribution in [1.29, 1.82) is 0 Å². The maximum absolute atomic E-state index is 13.0. The van der Waals surface area contributed by atoms with Gasteiger partial charge < -0.3 is 9.64 Å². The van der Waals surface area contributed by atoms with Crippen molar-refractivity contribution in [2.24, 2.45) is 5.92 Å². The van der Waals surface area contributed by atoms with E-state index in [1.807, 2.05) is 18.2 Å². The molecule has 4 rings (SSSR count). The molecule has 1 aliphatic heterocycles. The van der Waals surface area contributed by atoms with Gasteiger partial charge in [-0.3, -0.25) is 19.0 Å². The first-order chi connectivity index (χ1) is 15.0. The number of benzene rings is 2. The maximum atomic E-state index is 13.0. The largest absolute Gasteiger partial charge is 0.466 e. The molecule has 1 amide bonds. The molecule has 1 saturated heterocycles. The molecule has 0 aliphatic carbocycles. The zero-order valence-corrected chi connectivity index (χ0v) is 17.7. The number of carbonyl (C=O) groups is 2. The zero-order valence-electron chi connectivity index (χ0n) is 17.7. The summed E-state index contributed by atoms with van der Waals surface area (Å²) in [6.45, 7) is 4.89. The van der Waals surface area contributed by atoms with Crippen LogP contribution >= 0.6 is 0 Å². The molecule has 2 aromatic carbocycles. The van der Waals surface area contributed by atoms with E-state index in [2.05, 4.69) is 4.98 Å². The van der Waals surface area contributed by atoms with Crippen LogP contribution < -0.4 is 5.56 Å². The Hall–Kier alpha value is -3.48. The van der Waals surface area contributed by atoms with E-state index in [0.717, 1.165) is 12.8 Å². The molecule has 1 aliphatic rings. The van der Waals surface area contributed by atoms with Crippen LogP contribution in [0.15, 0.2) is 53.3 Å². The fraction of sp³-hybridized carbons (Fsp3) is 0.333. The van der Waals surface area contributed by atoms with E-state index in [1.54, 1.807) is 53.6 Å². The van der Waals surface area contributed by atoms with Crippen molar-refractivity contribution in [2.45, 2.75) is 26.7 Å². The first-order valence-corrected chi connectivity index (χ1v) is 10.5. The highest BCUT2D eigenvalue weighted by molar-refractivity contribution is 5.94. The van der Waals surface area contributed by atoms with Gasteiger partial charge in [-0.25, -0.2) is 4.98 Å². The predicted octanol–water partition coefficient (Wildman–Crippen LogP) is 3.11. The lowest BCUT2D eigenvalue weighted by atomic mass is 9.97. The number of aryl methyl sites for hydroxylation is 1. The summed E-state index contributed by atoms with van der Waals surface area (Å²) in [6, 6.07) is 14.2. The van der Waals surface area contributed by atoms with Crippen LogP contribution in [0.5, 0.6) is 0 Å². The lowest BCUT2D eigenvalue weighted by Gasteiger charge is -2.31. The van der Waals surface area contributed by atoms with Gasteiger partial charge in [0.2, 0.25) is 0 Å². The van der Waals surface area contributed by atoms with E-state index < -0.39 is 0 Å². The fourth-order valence-corrected chi connectivity index (χ4v) is 4.10. The zero-order chi connectivity index (χ0) is 22.0. The number of hydrogen-bond acceptors (Lipinski definition) is 5. The molecule has 2 heterocycles. The molecule has 1 fully saturated rings. The molecular weight excluding hydrogens is 394 g/mol. The molecule has 1 atom stereocenters. The number of fused-ring (bicyclic) bond motifs is 1. The second-order valence-electron chi connectivity index (χ2n) is 7.71. The summed E-state index contributed by atoms with van der Waals surface area (Å²) in [5, 5.41) is 0.548. The van der Waals surface area contributed by atoms with E-state index in [4.69, 9.17) is 4.74 Å². The number of para-hydroxylation sites is 1. The van der Waals surface area contributed by atoms with Crippen LogP contribution in [0.25, 0.3) is 16.6 Å². The lowest BCUT2D eigenvalue weighted by Crippen LogP contribution is -2.42. The van der Waals surface area contributed by atoms with Crippen molar-refractivity contribution >= 4 is 22.8 Å². The van der Waals surface area contributed by atoms with Gasteiger partial charge >= 0.3 is 5.97 Å². The number of ether oxygens (including phenoxy) is 1. The van der Waals surface area contributed by atoms with Crippen molar-refractivity contribution in [1.82, 2.24) is 14.5 Å². The Morgan fingerprint density at radius 2 is 1.87 bits per heavy atom. The Morgan fingerprint density at radius 1 is 1.13 bits per heavy atom. The third-order valence-corrected chi connectivity index (χ3v) is 5.64. The summed E-state index contributed by atoms with van der Waals surface area (Å²) in [4.78, 5) is 44.2. The first kappa shape index (κ1) is 20.8. The van der Waals surface area contributed by atoms with Gasteiger partial charge in [0.25, 0.3) is 11.5 Å². The number of hydrogen-bond donors (Lipinski definition) is 0. The van der Waals surface area contributed by atoms with Crippen molar-refractivity contribution in [2.75, 3.05) is 19.7 Å². The van der Waals surface area contributed by atoms with Crippen LogP contribution in [0.4, 0.5) is 0 Å². The number of nitrogens with zero attached hydrogens (tertiary/aromatic N) is 3. The molecule has 31 heavy (non-hydrogen) atoms. The number of aromatic nitrogens is 2. The third kappa shape index (κ3) is 4.08. The highest BCUT2D eigenvalue weighted by Crippen LogP contribution is 2.21. The summed E-state index contributed by atoms with van der Waals surface area (Å²) in [5.74, 6) is -0.0619. The smallest absolute Gasteiger partial charge is 0.310 e. The Bertz CT molecular complexity index is 1180. The summed E-state index contributed by atoms with van der Waals surface area (Å²) >= 11 is 0. The maximum Gasteiger partial charge on any atom is 0.310 e. The van der Waals surface area contributed by atoms with Gasteiger partial charge in [-0.2, -0.15) is 0 Å². The average molecular weight is 419 g/mol. The monoisotopic (exact) mass is 419 g/mol. The molecule has 0 bridgehead atoms. The lowest BCUT2D eigenvalue weighted by molar-refractivity contribution is -0.149. The highest BCUT2D eigenvalue weighted by atomic mass is 16.5.